The molecular weight excluding hydrogens is 300 g/mol. The molecule has 0 bridgehead atoms. The average Bonchev–Trinajstić information content (AvgIpc) is 2.30. The number of carbonyl (C=O) groups is 1. The van der Waals surface area contributed by atoms with E-state index in [1.54, 1.807) is 11.8 Å². The second kappa shape index (κ2) is 7.74. The van der Waals surface area contributed by atoms with Crippen molar-refractivity contribution in [3.63, 3.8) is 0 Å². The number of amides is 1. The molecule has 0 aliphatic heterocycles. The Morgan fingerprint density at radius 1 is 1.47 bits per heavy atom. The summed E-state index contributed by atoms with van der Waals surface area (Å²) in [4.78, 5) is 11.6. The van der Waals surface area contributed by atoms with Crippen LogP contribution in [0, 0.1) is 0 Å². The van der Waals surface area contributed by atoms with E-state index in [-0.39, 0.29) is 5.91 Å². The molecule has 0 aromatic heterocycles. The average molecular weight is 317 g/mol. The van der Waals surface area contributed by atoms with Crippen LogP contribution in [0.3, 0.4) is 0 Å². The first-order chi connectivity index (χ1) is 8.11. The molecule has 3 N–H and O–H groups in total. The monoisotopic (exact) mass is 316 g/mol. The second-order valence-electron chi connectivity index (χ2n) is 3.75. The van der Waals surface area contributed by atoms with Gasteiger partial charge in [-0.05, 0) is 37.2 Å². The molecule has 0 fully saturated rings. The lowest BCUT2D eigenvalue weighted by Gasteiger charge is -2.09. The minimum Gasteiger partial charge on any atom is -0.330 e. The Kier molecular flexibility index (Phi) is 6.62. The summed E-state index contributed by atoms with van der Waals surface area (Å²) in [5.41, 5.74) is 6.28. The second-order valence-corrected chi connectivity index (χ2v) is 6.10. The zero-order chi connectivity index (χ0) is 12.7. The SMILES string of the molecule is CC(CCN)SCC(=O)Nc1ccc(Br)cc1. The Labute approximate surface area is 115 Å². The Balaban J connectivity index is 2.32. The van der Waals surface area contributed by atoms with Crippen LogP contribution < -0.4 is 11.1 Å². The fourth-order valence-electron chi connectivity index (χ4n) is 1.27. The molecular formula is C12H17BrN2OS. The predicted octanol–water partition coefficient (Wildman–Crippen LogP) is 2.86. The summed E-state index contributed by atoms with van der Waals surface area (Å²) in [6.45, 7) is 2.76. The van der Waals surface area contributed by atoms with Crippen LogP contribution in [-0.4, -0.2) is 23.5 Å². The summed E-state index contributed by atoms with van der Waals surface area (Å²) < 4.78 is 1.00. The maximum Gasteiger partial charge on any atom is 0.234 e. The number of benzene rings is 1. The number of halogens is 1. The Hall–Kier alpha value is -0.520. The maximum atomic E-state index is 11.6. The van der Waals surface area contributed by atoms with Gasteiger partial charge < -0.3 is 11.1 Å². The van der Waals surface area contributed by atoms with E-state index in [9.17, 15) is 4.79 Å². The molecule has 0 aliphatic rings. The number of carbonyl (C=O) groups excluding carboxylic acids is 1. The number of thioether (sulfide) groups is 1. The summed E-state index contributed by atoms with van der Waals surface area (Å²) in [5.74, 6) is 0.498. The van der Waals surface area contributed by atoms with Crippen molar-refractivity contribution in [3.05, 3.63) is 28.7 Å². The first kappa shape index (κ1) is 14.5. The zero-order valence-electron chi connectivity index (χ0n) is 9.78. The van der Waals surface area contributed by atoms with Gasteiger partial charge in [-0.3, -0.25) is 4.79 Å². The molecule has 1 unspecified atom stereocenters. The molecule has 0 radical (unpaired) electrons. The summed E-state index contributed by atoms with van der Waals surface area (Å²) in [6.07, 6.45) is 0.941. The van der Waals surface area contributed by atoms with E-state index < -0.39 is 0 Å². The lowest BCUT2D eigenvalue weighted by molar-refractivity contribution is -0.113. The van der Waals surface area contributed by atoms with Gasteiger partial charge in [-0.2, -0.15) is 0 Å². The van der Waals surface area contributed by atoms with Crippen LogP contribution in [0.25, 0.3) is 0 Å². The van der Waals surface area contributed by atoms with Gasteiger partial charge >= 0.3 is 0 Å². The lowest BCUT2D eigenvalue weighted by atomic mass is 10.3. The predicted molar refractivity (Wildman–Crippen MR) is 78.4 cm³/mol. The van der Waals surface area contributed by atoms with E-state index in [1.165, 1.54) is 0 Å². The molecule has 0 heterocycles. The zero-order valence-corrected chi connectivity index (χ0v) is 12.2. The van der Waals surface area contributed by atoms with Crippen molar-refractivity contribution in [2.24, 2.45) is 5.73 Å². The van der Waals surface area contributed by atoms with Gasteiger partial charge in [0.1, 0.15) is 0 Å². The highest BCUT2D eigenvalue weighted by Gasteiger charge is 2.06. The first-order valence-corrected chi connectivity index (χ1v) is 7.33. The first-order valence-electron chi connectivity index (χ1n) is 5.49. The fourth-order valence-corrected chi connectivity index (χ4v) is 2.34. The van der Waals surface area contributed by atoms with Gasteiger partial charge in [-0.15, -0.1) is 11.8 Å². The molecule has 0 saturated heterocycles. The molecule has 0 spiro atoms. The van der Waals surface area contributed by atoms with Crippen molar-refractivity contribution in [2.75, 3.05) is 17.6 Å². The van der Waals surface area contributed by atoms with E-state index in [4.69, 9.17) is 5.73 Å². The van der Waals surface area contributed by atoms with Crippen LogP contribution in [0.2, 0.25) is 0 Å². The number of anilines is 1. The maximum absolute atomic E-state index is 11.6. The Bertz CT molecular complexity index is 356. The summed E-state index contributed by atoms with van der Waals surface area (Å²) in [6, 6.07) is 7.55. The molecule has 1 rings (SSSR count). The van der Waals surface area contributed by atoms with E-state index in [2.05, 4.69) is 28.2 Å². The van der Waals surface area contributed by atoms with E-state index >= 15 is 0 Å². The number of nitrogens with one attached hydrogen (secondary N) is 1. The molecule has 1 amide bonds. The van der Waals surface area contributed by atoms with Crippen LogP contribution in [0.15, 0.2) is 28.7 Å². The Morgan fingerprint density at radius 3 is 2.71 bits per heavy atom. The van der Waals surface area contributed by atoms with Gasteiger partial charge in [0.2, 0.25) is 5.91 Å². The number of rotatable bonds is 6. The quantitative estimate of drug-likeness (QED) is 0.848. The molecule has 0 aliphatic carbocycles. The van der Waals surface area contributed by atoms with Gasteiger partial charge in [0.15, 0.2) is 0 Å². The largest absolute Gasteiger partial charge is 0.330 e. The van der Waals surface area contributed by atoms with Gasteiger partial charge in [0.25, 0.3) is 0 Å². The molecule has 3 nitrogen and oxygen atoms in total. The third kappa shape index (κ3) is 6.10. The fraction of sp³-hybridized carbons (Fsp3) is 0.417. The number of hydrogen-bond acceptors (Lipinski definition) is 3. The van der Waals surface area contributed by atoms with Gasteiger partial charge in [0.05, 0.1) is 5.75 Å². The Morgan fingerprint density at radius 2 is 2.12 bits per heavy atom. The van der Waals surface area contributed by atoms with Gasteiger partial charge in [-0.1, -0.05) is 22.9 Å². The van der Waals surface area contributed by atoms with Crippen molar-refractivity contribution in [1.82, 2.24) is 0 Å². The smallest absolute Gasteiger partial charge is 0.234 e. The van der Waals surface area contributed by atoms with Gasteiger partial charge in [0, 0.05) is 15.4 Å². The van der Waals surface area contributed by atoms with E-state index in [1.807, 2.05) is 24.3 Å². The molecule has 1 aromatic carbocycles. The van der Waals surface area contributed by atoms with Crippen LogP contribution in [0.1, 0.15) is 13.3 Å². The van der Waals surface area contributed by atoms with Crippen molar-refractivity contribution in [2.45, 2.75) is 18.6 Å². The highest BCUT2D eigenvalue weighted by Crippen LogP contribution is 2.16. The molecule has 5 heteroatoms. The van der Waals surface area contributed by atoms with E-state index in [0.717, 1.165) is 16.6 Å². The van der Waals surface area contributed by atoms with Crippen LogP contribution in [0.5, 0.6) is 0 Å². The molecule has 17 heavy (non-hydrogen) atoms. The van der Waals surface area contributed by atoms with Crippen molar-refractivity contribution in [3.8, 4) is 0 Å². The molecule has 0 saturated carbocycles. The van der Waals surface area contributed by atoms with E-state index in [0.29, 0.717) is 17.5 Å². The van der Waals surface area contributed by atoms with Crippen molar-refractivity contribution < 1.29 is 4.79 Å². The van der Waals surface area contributed by atoms with Crippen LogP contribution in [-0.2, 0) is 4.79 Å². The molecule has 94 valence electrons. The molecule has 1 aromatic rings. The highest BCUT2D eigenvalue weighted by atomic mass is 79.9. The topological polar surface area (TPSA) is 55.1 Å². The molecule has 1 atom stereocenters. The normalized spacial score (nSPS) is 12.2. The highest BCUT2D eigenvalue weighted by molar-refractivity contribution is 9.10. The van der Waals surface area contributed by atoms with Crippen LogP contribution >= 0.6 is 27.7 Å². The summed E-state index contributed by atoms with van der Waals surface area (Å²) >= 11 is 4.98. The van der Waals surface area contributed by atoms with Crippen molar-refractivity contribution >= 4 is 39.3 Å². The third-order valence-electron chi connectivity index (χ3n) is 2.20. The minimum absolute atomic E-state index is 0.0289. The number of hydrogen-bond donors (Lipinski definition) is 2. The third-order valence-corrected chi connectivity index (χ3v) is 3.96. The standard InChI is InChI=1S/C12H17BrN2OS/c1-9(6-7-14)17-8-12(16)15-11-4-2-10(13)3-5-11/h2-5,9H,6-8,14H2,1H3,(H,15,16). The van der Waals surface area contributed by atoms with Gasteiger partial charge in [-0.25, -0.2) is 0 Å². The lowest BCUT2D eigenvalue weighted by Crippen LogP contribution is -2.16. The minimum atomic E-state index is 0.0289. The van der Waals surface area contributed by atoms with Crippen LogP contribution in [0.4, 0.5) is 5.69 Å². The summed E-state index contributed by atoms with van der Waals surface area (Å²) in [7, 11) is 0. The van der Waals surface area contributed by atoms with Crippen molar-refractivity contribution in [1.29, 1.82) is 0 Å². The number of nitrogens with two attached hydrogens (primary N) is 1. The summed E-state index contributed by atoms with van der Waals surface area (Å²) in [5, 5.41) is 3.28.